The summed E-state index contributed by atoms with van der Waals surface area (Å²) in [6, 6.07) is 0.336. The van der Waals surface area contributed by atoms with Gasteiger partial charge >= 0.3 is 0 Å². The van der Waals surface area contributed by atoms with Gasteiger partial charge in [0, 0.05) is 12.6 Å². The third-order valence-corrected chi connectivity index (χ3v) is 1.28. The molecule has 0 heterocycles. The van der Waals surface area contributed by atoms with Gasteiger partial charge in [0.05, 0.1) is 33.0 Å². The van der Waals surface area contributed by atoms with Crippen molar-refractivity contribution < 1.29 is 14.3 Å². The Morgan fingerprint density at radius 2 is 1.57 bits per heavy atom. The quantitative estimate of drug-likeness (QED) is 0.386. The molecule has 14 heavy (non-hydrogen) atoms. The molecule has 5 nitrogen and oxygen atoms in total. The van der Waals surface area contributed by atoms with Crippen LogP contribution in [-0.4, -0.2) is 45.6 Å². The number of nitrogens with one attached hydrogen (secondary N) is 1. The first-order chi connectivity index (χ1) is 6.77. The number of nitrogens with two attached hydrogens (primary N) is 1. The maximum atomic E-state index is 5.24. The van der Waals surface area contributed by atoms with Crippen LogP contribution in [0.5, 0.6) is 0 Å². The summed E-state index contributed by atoms with van der Waals surface area (Å²) < 4.78 is 10.4. The molecule has 0 spiro atoms. The molecule has 0 unspecified atom stereocenters. The van der Waals surface area contributed by atoms with Crippen LogP contribution < -0.4 is 11.2 Å². The van der Waals surface area contributed by atoms with Crippen LogP contribution in [0.25, 0.3) is 0 Å². The first-order valence-electron chi connectivity index (χ1n) is 5.00. The minimum atomic E-state index is 0.336. The van der Waals surface area contributed by atoms with Crippen LogP contribution in [0.4, 0.5) is 0 Å². The third-order valence-electron chi connectivity index (χ3n) is 1.28. The zero-order valence-electron chi connectivity index (χ0n) is 9.12. The normalized spacial score (nSPS) is 11.1. The average Bonchev–Trinajstić information content (AvgIpc) is 2.15. The molecule has 0 aromatic rings. The Morgan fingerprint density at radius 1 is 1.00 bits per heavy atom. The van der Waals surface area contributed by atoms with Crippen LogP contribution in [0.2, 0.25) is 0 Å². The first-order valence-corrected chi connectivity index (χ1v) is 5.00. The molecule has 0 radical (unpaired) electrons. The van der Waals surface area contributed by atoms with Gasteiger partial charge in [-0.3, -0.25) is 4.84 Å². The van der Waals surface area contributed by atoms with E-state index in [1.807, 2.05) is 13.8 Å². The molecule has 0 aliphatic heterocycles. The monoisotopic (exact) mass is 206 g/mol. The predicted octanol–water partition coefficient (Wildman–Crippen LogP) is -0.0921. The van der Waals surface area contributed by atoms with Gasteiger partial charge in [-0.1, -0.05) is 0 Å². The minimum absolute atomic E-state index is 0.336. The van der Waals surface area contributed by atoms with E-state index in [1.54, 1.807) is 0 Å². The summed E-state index contributed by atoms with van der Waals surface area (Å²) in [6.07, 6.45) is 0. The number of ether oxygens (including phenoxy) is 2. The number of hydrogen-bond acceptors (Lipinski definition) is 5. The van der Waals surface area contributed by atoms with Gasteiger partial charge < -0.3 is 15.2 Å². The molecule has 0 saturated carbocycles. The second-order valence-electron chi connectivity index (χ2n) is 3.13. The maximum Gasteiger partial charge on any atom is 0.0916 e. The summed E-state index contributed by atoms with van der Waals surface area (Å²) in [7, 11) is 0. The molecule has 3 N–H and O–H groups in total. The van der Waals surface area contributed by atoms with E-state index in [0.717, 1.165) is 0 Å². The van der Waals surface area contributed by atoms with Crippen LogP contribution in [-0.2, 0) is 14.3 Å². The molecule has 0 saturated heterocycles. The fourth-order valence-electron chi connectivity index (χ4n) is 0.731. The fraction of sp³-hybridized carbons (Fsp3) is 1.00. The minimum Gasteiger partial charge on any atom is -0.378 e. The SMILES string of the molecule is CC(C)NOCCOCCOCCN. The molecular formula is C9H22N2O3. The summed E-state index contributed by atoms with van der Waals surface area (Å²) in [6.45, 7) is 7.49. The summed E-state index contributed by atoms with van der Waals surface area (Å²) in [4.78, 5) is 5.09. The molecular weight excluding hydrogens is 184 g/mol. The Hall–Kier alpha value is -0.200. The van der Waals surface area contributed by atoms with Crippen molar-refractivity contribution in [2.24, 2.45) is 5.73 Å². The van der Waals surface area contributed by atoms with Gasteiger partial charge in [-0.25, -0.2) is 0 Å². The van der Waals surface area contributed by atoms with E-state index >= 15 is 0 Å². The van der Waals surface area contributed by atoms with E-state index in [0.29, 0.717) is 45.6 Å². The van der Waals surface area contributed by atoms with Crippen LogP contribution in [0, 0.1) is 0 Å². The molecule has 0 aromatic heterocycles. The molecule has 0 amide bonds. The van der Waals surface area contributed by atoms with Gasteiger partial charge in [0.25, 0.3) is 0 Å². The highest BCUT2D eigenvalue weighted by atomic mass is 16.7. The highest BCUT2D eigenvalue weighted by Gasteiger charge is 1.92. The maximum absolute atomic E-state index is 5.24. The summed E-state index contributed by atoms with van der Waals surface area (Å²) in [5.74, 6) is 0. The van der Waals surface area contributed by atoms with Crippen molar-refractivity contribution >= 4 is 0 Å². The molecule has 0 bridgehead atoms. The number of rotatable bonds is 10. The van der Waals surface area contributed by atoms with Crippen LogP contribution >= 0.6 is 0 Å². The summed E-state index contributed by atoms with van der Waals surface area (Å²) in [5, 5.41) is 0. The van der Waals surface area contributed by atoms with Gasteiger partial charge in [-0.05, 0) is 13.8 Å². The smallest absolute Gasteiger partial charge is 0.0916 e. The number of hydrogen-bond donors (Lipinski definition) is 2. The van der Waals surface area contributed by atoms with Crippen molar-refractivity contribution in [3.8, 4) is 0 Å². The molecule has 0 aliphatic carbocycles. The Balaban J connectivity index is 2.85. The molecule has 0 aromatic carbocycles. The van der Waals surface area contributed by atoms with Crippen molar-refractivity contribution in [3.63, 3.8) is 0 Å². The van der Waals surface area contributed by atoms with E-state index in [9.17, 15) is 0 Å². The van der Waals surface area contributed by atoms with Gasteiger partial charge in [0.1, 0.15) is 0 Å². The molecule has 86 valence electrons. The third kappa shape index (κ3) is 11.8. The highest BCUT2D eigenvalue weighted by Crippen LogP contribution is 1.80. The zero-order chi connectivity index (χ0) is 10.6. The largest absolute Gasteiger partial charge is 0.378 e. The Bertz CT molecular complexity index is 112. The van der Waals surface area contributed by atoms with E-state index < -0.39 is 0 Å². The van der Waals surface area contributed by atoms with Crippen LogP contribution in [0.15, 0.2) is 0 Å². The van der Waals surface area contributed by atoms with Crippen LogP contribution in [0.3, 0.4) is 0 Å². The van der Waals surface area contributed by atoms with E-state index in [2.05, 4.69) is 5.48 Å². The lowest BCUT2D eigenvalue weighted by molar-refractivity contribution is -0.0263. The Morgan fingerprint density at radius 3 is 2.14 bits per heavy atom. The van der Waals surface area contributed by atoms with Crippen molar-refractivity contribution in [2.75, 3.05) is 39.6 Å². The first kappa shape index (κ1) is 13.8. The Labute approximate surface area is 85.8 Å². The van der Waals surface area contributed by atoms with Gasteiger partial charge in [-0.15, -0.1) is 0 Å². The lowest BCUT2D eigenvalue weighted by Crippen LogP contribution is -2.25. The van der Waals surface area contributed by atoms with Crippen molar-refractivity contribution in [1.82, 2.24) is 5.48 Å². The highest BCUT2D eigenvalue weighted by molar-refractivity contribution is 4.39. The fourth-order valence-corrected chi connectivity index (χ4v) is 0.731. The second kappa shape index (κ2) is 10.9. The van der Waals surface area contributed by atoms with Crippen molar-refractivity contribution in [3.05, 3.63) is 0 Å². The van der Waals surface area contributed by atoms with E-state index in [-0.39, 0.29) is 0 Å². The molecule has 0 rings (SSSR count). The van der Waals surface area contributed by atoms with Gasteiger partial charge in [0.2, 0.25) is 0 Å². The molecule has 5 heteroatoms. The second-order valence-corrected chi connectivity index (χ2v) is 3.13. The average molecular weight is 206 g/mol. The predicted molar refractivity (Wildman–Crippen MR) is 54.9 cm³/mol. The van der Waals surface area contributed by atoms with E-state index in [4.69, 9.17) is 20.0 Å². The standard InChI is InChI=1S/C9H22N2O3/c1-9(2)11-14-8-7-13-6-5-12-4-3-10/h9,11H,3-8,10H2,1-2H3. The van der Waals surface area contributed by atoms with Gasteiger partial charge in [0.15, 0.2) is 0 Å². The lowest BCUT2D eigenvalue weighted by atomic mass is 10.4. The zero-order valence-corrected chi connectivity index (χ0v) is 9.12. The van der Waals surface area contributed by atoms with Crippen molar-refractivity contribution in [1.29, 1.82) is 0 Å². The Kier molecular flexibility index (Phi) is 10.7. The summed E-state index contributed by atoms with van der Waals surface area (Å²) in [5.41, 5.74) is 8.07. The molecule has 0 aliphatic rings. The van der Waals surface area contributed by atoms with E-state index in [1.165, 1.54) is 0 Å². The van der Waals surface area contributed by atoms with Crippen molar-refractivity contribution in [2.45, 2.75) is 19.9 Å². The number of hydroxylamine groups is 1. The molecule has 0 atom stereocenters. The topological polar surface area (TPSA) is 65.7 Å². The molecule has 0 fully saturated rings. The van der Waals surface area contributed by atoms with Crippen LogP contribution in [0.1, 0.15) is 13.8 Å². The van der Waals surface area contributed by atoms with Gasteiger partial charge in [-0.2, -0.15) is 5.48 Å². The summed E-state index contributed by atoms with van der Waals surface area (Å²) >= 11 is 0. The lowest BCUT2D eigenvalue weighted by Gasteiger charge is -2.08.